The summed E-state index contributed by atoms with van der Waals surface area (Å²) in [6.45, 7) is 8.17. The molecular weight excluding hydrogens is 262 g/mol. The Bertz CT molecular complexity index is 445. The highest BCUT2D eigenvalue weighted by Gasteiger charge is 2.29. The van der Waals surface area contributed by atoms with Crippen molar-refractivity contribution in [3.05, 3.63) is 35.9 Å². The van der Waals surface area contributed by atoms with Crippen LogP contribution in [-0.4, -0.2) is 47.9 Å². The van der Waals surface area contributed by atoms with Gasteiger partial charge >= 0.3 is 0 Å². The van der Waals surface area contributed by atoms with Crippen molar-refractivity contribution in [1.29, 1.82) is 0 Å². The average molecular weight is 289 g/mol. The number of carbonyl (C=O) groups excluding carboxylic acids is 1. The molecule has 21 heavy (non-hydrogen) atoms. The number of nitrogens with two attached hydrogens (primary N) is 1. The van der Waals surface area contributed by atoms with Crippen molar-refractivity contribution in [1.82, 2.24) is 9.80 Å². The van der Waals surface area contributed by atoms with Crippen molar-refractivity contribution in [2.45, 2.75) is 38.8 Å². The van der Waals surface area contributed by atoms with Crippen molar-refractivity contribution in [2.75, 3.05) is 26.2 Å². The summed E-state index contributed by atoms with van der Waals surface area (Å²) in [4.78, 5) is 16.8. The summed E-state index contributed by atoms with van der Waals surface area (Å²) in [6.07, 6.45) is 1.48. The molecule has 1 aromatic carbocycles. The Morgan fingerprint density at radius 1 is 1.33 bits per heavy atom. The number of carbonyl (C=O) groups is 1. The summed E-state index contributed by atoms with van der Waals surface area (Å²) in [6, 6.07) is 10.2. The molecule has 0 aliphatic carbocycles. The van der Waals surface area contributed by atoms with Crippen LogP contribution >= 0.6 is 0 Å². The molecule has 0 bridgehead atoms. The van der Waals surface area contributed by atoms with Gasteiger partial charge in [-0.1, -0.05) is 44.2 Å². The van der Waals surface area contributed by atoms with Crippen LogP contribution in [0.1, 0.15) is 38.3 Å². The van der Waals surface area contributed by atoms with Gasteiger partial charge in [-0.2, -0.15) is 0 Å². The van der Waals surface area contributed by atoms with Crippen molar-refractivity contribution in [3.8, 4) is 0 Å². The maximum Gasteiger partial charge on any atom is 0.224 e. The molecule has 2 rings (SSSR count). The van der Waals surface area contributed by atoms with Crippen LogP contribution in [0.15, 0.2) is 30.3 Å². The van der Waals surface area contributed by atoms with Crippen LogP contribution in [-0.2, 0) is 4.79 Å². The van der Waals surface area contributed by atoms with E-state index < -0.39 is 0 Å². The van der Waals surface area contributed by atoms with E-state index in [4.69, 9.17) is 5.73 Å². The van der Waals surface area contributed by atoms with Gasteiger partial charge in [-0.15, -0.1) is 0 Å². The van der Waals surface area contributed by atoms with Crippen molar-refractivity contribution in [3.63, 3.8) is 0 Å². The summed E-state index contributed by atoms with van der Waals surface area (Å²) >= 11 is 0. The van der Waals surface area contributed by atoms with Gasteiger partial charge < -0.3 is 10.6 Å². The summed E-state index contributed by atoms with van der Waals surface area (Å²) in [5.74, 6) is 0.181. The molecule has 1 fully saturated rings. The molecule has 2 atom stereocenters. The van der Waals surface area contributed by atoms with Gasteiger partial charge in [-0.25, -0.2) is 0 Å². The Labute approximate surface area is 127 Å². The largest absolute Gasteiger partial charge is 0.341 e. The minimum atomic E-state index is -0.203. The predicted molar refractivity (Wildman–Crippen MR) is 85.9 cm³/mol. The summed E-state index contributed by atoms with van der Waals surface area (Å²) in [5.41, 5.74) is 7.19. The third kappa shape index (κ3) is 4.05. The second kappa shape index (κ2) is 7.57. The monoisotopic (exact) mass is 289 g/mol. The maximum absolute atomic E-state index is 12.4. The van der Waals surface area contributed by atoms with Gasteiger partial charge in [-0.3, -0.25) is 9.69 Å². The average Bonchev–Trinajstić information content (AvgIpc) is 2.99. The topological polar surface area (TPSA) is 49.6 Å². The smallest absolute Gasteiger partial charge is 0.224 e. The Morgan fingerprint density at radius 3 is 2.62 bits per heavy atom. The molecule has 0 radical (unpaired) electrons. The van der Waals surface area contributed by atoms with Gasteiger partial charge in [0.15, 0.2) is 0 Å². The second-order valence-corrected chi connectivity index (χ2v) is 5.72. The fraction of sp³-hybridized carbons (Fsp3) is 0.588. The standard InChI is InChI=1S/C17H27N3O/c1-3-19(4-2)15-10-11-20(13-15)17(21)12-16(18)14-8-6-5-7-9-14/h5-9,15-16H,3-4,10-13,18H2,1-2H3. The molecule has 4 heteroatoms. The minimum absolute atomic E-state index is 0.181. The van der Waals surface area contributed by atoms with Crippen LogP contribution in [0, 0.1) is 0 Å². The van der Waals surface area contributed by atoms with Gasteiger partial charge in [0.05, 0.1) is 0 Å². The van der Waals surface area contributed by atoms with Crippen molar-refractivity contribution >= 4 is 5.91 Å². The van der Waals surface area contributed by atoms with Gasteiger partial charge in [0, 0.05) is 31.6 Å². The lowest BCUT2D eigenvalue weighted by atomic mass is 10.0. The van der Waals surface area contributed by atoms with E-state index in [1.54, 1.807) is 0 Å². The molecule has 2 N–H and O–H groups in total. The number of hydrogen-bond acceptors (Lipinski definition) is 3. The number of amides is 1. The first kappa shape index (κ1) is 16.0. The van der Waals surface area contributed by atoms with Crippen LogP contribution in [0.4, 0.5) is 0 Å². The van der Waals surface area contributed by atoms with Gasteiger partial charge in [-0.05, 0) is 25.1 Å². The third-order valence-corrected chi connectivity index (χ3v) is 4.47. The summed E-state index contributed by atoms with van der Waals surface area (Å²) < 4.78 is 0. The lowest BCUT2D eigenvalue weighted by molar-refractivity contribution is -0.130. The van der Waals surface area contributed by atoms with E-state index in [1.165, 1.54) is 0 Å². The zero-order valence-electron chi connectivity index (χ0n) is 13.2. The van der Waals surface area contributed by atoms with E-state index in [1.807, 2.05) is 35.2 Å². The molecule has 1 aliphatic rings. The molecule has 4 nitrogen and oxygen atoms in total. The second-order valence-electron chi connectivity index (χ2n) is 5.72. The van der Waals surface area contributed by atoms with E-state index in [9.17, 15) is 4.79 Å². The van der Waals surface area contributed by atoms with Gasteiger partial charge in [0.25, 0.3) is 0 Å². The Kier molecular flexibility index (Phi) is 5.76. The molecule has 1 amide bonds. The molecule has 1 aromatic rings. The number of rotatable bonds is 6. The van der Waals surface area contributed by atoms with Crippen LogP contribution in [0.2, 0.25) is 0 Å². The van der Waals surface area contributed by atoms with Crippen LogP contribution in [0.3, 0.4) is 0 Å². The van der Waals surface area contributed by atoms with Crippen molar-refractivity contribution < 1.29 is 4.79 Å². The maximum atomic E-state index is 12.4. The summed E-state index contributed by atoms with van der Waals surface area (Å²) in [7, 11) is 0. The van der Waals surface area contributed by atoms with Crippen LogP contribution < -0.4 is 5.73 Å². The lowest BCUT2D eigenvalue weighted by Crippen LogP contribution is -2.39. The molecular formula is C17H27N3O. The first-order valence-corrected chi connectivity index (χ1v) is 7.98. The Morgan fingerprint density at radius 2 is 2.00 bits per heavy atom. The highest BCUT2D eigenvalue weighted by atomic mass is 16.2. The highest BCUT2D eigenvalue weighted by Crippen LogP contribution is 2.20. The number of nitrogens with zero attached hydrogens (tertiary/aromatic N) is 2. The van der Waals surface area contributed by atoms with Crippen LogP contribution in [0.5, 0.6) is 0 Å². The zero-order valence-corrected chi connectivity index (χ0v) is 13.2. The number of likely N-dealkylation sites (tertiary alicyclic amines) is 1. The molecule has 1 heterocycles. The fourth-order valence-corrected chi connectivity index (χ4v) is 3.14. The van der Waals surface area contributed by atoms with E-state index in [-0.39, 0.29) is 11.9 Å². The molecule has 0 saturated carbocycles. The predicted octanol–water partition coefficient (Wildman–Crippen LogP) is 2.02. The number of likely N-dealkylation sites (N-methyl/N-ethyl adjacent to an activating group) is 1. The fourth-order valence-electron chi connectivity index (χ4n) is 3.14. The van der Waals surface area contributed by atoms with E-state index in [2.05, 4.69) is 18.7 Å². The molecule has 2 unspecified atom stereocenters. The summed E-state index contributed by atoms with van der Waals surface area (Å²) in [5, 5.41) is 0. The Balaban J connectivity index is 1.87. The number of benzene rings is 1. The molecule has 0 spiro atoms. The van der Waals surface area contributed by atoms with Crippen LogP contribution in [0.25, 0.3) is 0 Å². The highest BCUT2D eigenvalue weighted by molar-refractivity contribution is 5.77. The van der Waals surface area contributed by atoms with Gasteiger partial charge in [0.1, 0.15) is 0 Å². The molecule has 0 aromatic heterocycles. The van der Waals surface area contributed by atoms with E-state index in [0.717, 1.165) is 38.2 Å². The van der Waals surface area contributed by atoms with Gasteiger partial charge in [0.2, 0.25) is 5.91 Å². The Hall–Kier alpha value is -1.39. The van der Waals surface area contributed by atoms with E-state index >= 15 is 0 Å². The number of hydrogen-bond donors (Lipinski definition) is 1. The molecule has 1 saturated heterocycles. The minimum Gasteiger partial charge on any atom is -0.341 e. The van der Waals surface area contributed by atoms with E-state index in [0.29, 0.717) is 12.5 Å². The third-order valence-electron chi connectivity index (χ3n) is 4.47. The zero-order chi connectivity index (χ0) is 15.2. The first-order chi connectivity index (χ1) is 10.2. The first-order valence-electron chi connectivity index (χ1n) is 7.98. The molecule has 116 valence electrons. The van der Waals surface area contributed by atoms with Crippen molar-refractivity contribution in [2.24, 2.45) is 5.73 Å². The normalized spacial score (nSPS) is 20.0. The SMILES string of the molecule is CCN(CC)C1CCN(C(=O)CC(N)c2ccccc2)C1. The quantitative estimate of drug-likeness (QED) is 0.871. The lowest BCUT2D eigenvalue weighted by Gasteiger charge is -2.26. The molecule has 1 aliphatic heterocycles.